The number of ether oxygens (including phenoxy) is 1. The van der Waals surface area contributed by atoms with Crippen molar-refractivity contribution in [1.82, 2.24) is 10.2 Å². The molecule has 0 unspecified atom stereocenters. The van der Waals surface area contributed by atoms with E-state index in [0.29, 0.717) is 22.2 Å². The Morgan fingerprint density at radius 2 is 1.89 bits per heavy atom. The van der Waals surface area contributed by atoms with Crippen LogP contribution in [0, 0.1) is 0 Å². The van der Waals surface area contributed by atoms with Crippen LogP contribution in [-0.2, 0) is 14.3 Å². The average Bonchev–Trinajstić information content (AvgIpc) is 3.18. The second-order valence-electron chi connectivity index (χ2n) is 5.34. The molecular formula is C16H18N6O5S. The van der Waals surface area contributed by atoms with Crippen LogP contribution in [0.5, 0.6) is 0 Å². The number of benzene rings is 1. The fourth-order valence-electron chi connectivity index (χ4n) is 2.14. The van der Waals surface area contributed by atoms with E-state index in [1.54, 1.807) is 23.1 Å². The zero-order valence-electron chi connectivity index (χ0n) is 14.9. The molecule has 2 N–H and O–H groups in total. The summed E-state index contributed by atoms with van der Waals surface area (Å²) in [4.78, 5) is 27.7. The van der Waals surface area contributed by atoms with Crippen LogP contribution in [0.15, 0.2) is 38.9 Å². The van der Waals surface area contributed by atoms with Gasteiger partial charge in [0.05, 0.1) is 25.6 Å². The van der Waals surface area contributed by atoms with Gasteiger partial charge in [0.1, 0.15) is 11.2 Å². The Balaban J connectivity index is 2.31. The third kappa shape index (κ3) is 6.72. The summed E-state index contributed by atoms with van der Waals surface area (Å²) in [7, 11) is 1.45. The Morgan fingerprint density at radius 1 is 1.18 bits per heavy atom. The molecule has 2 rings (SSSR count). The topological polar surface area (TPSA) is 150 Å². The van der Waals surface area contributed by atoms with Gasteiger partial charge in [-0.15, -0.1) is 20.4 Å². The predicted molar refractivity (Wildman–Crippen MR) is 102 cm³/mol. The number of methoxy groups -OCH3 is 1. The molecule has 28 heavy (non-hydrogen) atoms. The molecule has 0 spiro atoms. The first kappa shape index (κ1) is 20.9. The molecule has 0 saturated heterocycles. The van der Waals surface area contributed by atoms with E-state index in [9.17, 15) is 9.59 Å². The third-order valence-corrected chi connectivity index (χ3v) is 3.98. The van der Waals surface area contributed by atoms with Crippen LogP contribution in [0.2, 0.25) is 0 Å². The van der Waals surface area contributed by atoms with Crippen LogP contribution >= 0.6 is 11.3 Å². The van der Waals surface area contributed by atoms with Crippen molar-refractivity contribution in [1.29, 1.82) is 0 Å². The molecule has 0 aliphatic rings. The van der Waals surface area contributed by atoms with Crippen LogP contribution in [0.4, 0.5) is 22.2 Å². The van der Waals surface area contributed by atoms with Gasteiger partial charge < -0.3 is 19.8 Å². The zero-order valence-corrected chi connectivity index (χ0v) is 15.7. The molecule has 0 bridgehead atoms. The smallest absolute Gasteiger partial charge is 0.305 e. The number of carbonyl (C=O) groups is 2. The molecule has 0 fully saturated rings. The Kier molecular flexibility index (Phi) is 7.96. The number of rotatable bonds is 11. The number of hydrogen-bond acceptors (Lipinski definition) is 10. The van der Waals surface area contributed by atoms with Gasteiger partial charge in [0.25, 0.3) is 5.13 Å². The summed E-state index contributed by atoms with van der Waals surface area (Å²) in [5, 5.41) is 33.8. The number of aliphatic carboxylic acids is 2. The molecule has 148 valence electrons. The Morgan fingerprint density at radius 3 is 2.46 bits per heavy atom. The highest BCUT2D eigenvalue weighted by Gasteiger charge is 2.13. The molecule has 2 aromatic rings. The first-order chi connectivity index (χ1) is 13.5. The number of carboxylic acids is 2. The summed E-state index contributed by atoms with van der Waals surface area (Å²) in [6, 6.07) is 5.01. The lowest BCUT2D eigenvalue weighted by Gasteiger charge is -2.24. The van der Waals surface area contributed by atoms with Crippen LogP contribution < -0.4 is 4.90 Å². The maximum atomic E-state index is 10.9. The Labute approximate surface area is 164 Å². The van der Waals surface area contributed by atoms with Gasteiger partial charge in [-0.3, -0.25) is 9.59 Å². The molecule has 1 aromatic carbocycles. The van der Waals surface area contributed by atoms with Crippen LogP contribution in [0.3, 0.4) is 0 Å². The van der Waals surface area contributed by atoms with Crippen LogP contribution in [0.1, 0.15) is 12.8 Å². The second kappa shape index (κ2) is 10.7. The number of hydrogen-bond donors (Lipinski definition) is 2. The van der Waals surface area contributed by atoms with Crippen molar-refractivity contribution in [2.24, 2.45) is 15.2 Å². The van der Waals surface area contributed by atoms with Crippen molar-refractivity contribution in [3.63, 3.8) is 0 Å². The molecule has 0 amide bonds. The van der Waals surface area contributed by atoms with Crippen LogP contribution in [-0.4, -0.2) is 58.9 Å². The van der Waals surface area contributed by atoms with E-state index < -0.39 is 11.9 Å². The first-order valence-electron chi connectivity index (χ1n) is 8.05. The molecule has 12 heteroatoms. The van der Waals surface area contributed by atoms with Gasteiger partial charge in [-0.1, -0.05) is 11.3 Å². The number of carboxylic acid groups (broad SMARTS) is 2. The van der Waals surface area contributed by atoms with Crippen molar-refractivity contribution < 1.29 is 24.5 Å². The molecule has 0 aliphatic carbocycles. The minimum absolute atomic E-state index is 0.130. The number of azo groups is 1. The fourth-order valence-corrected chi connectivity index (χ4v) is 2.52. The lowest BCUT2D eigenvalue weighted by Crippen LogP contribution is -2.28. The summed E-state index contributed by atoms with van der Waals surface area (Å²) in [6.45, 7) is 0.309. The number of anilines is 1. The number of aliphatic imine (C=N–C) groups is 1. The monoisotopic (exact) mass is 406 g/mol. The lowest BCUT2D eigenvalue weighted by atomic mass is 10.2. The first-order valence-corrected chi connectivity index (χ1v) is 8.93. The molecule has 0 aliphatic heterocycles. The minimum Gasteiger partial charge on any atom is -0.486 e. The SMILES string of the molecule is COC=Nc1cc(N(CCC(=O)O)CCC(=O)O)ccc1N=Nc1nncs1. The zero-order chi connectivity index (χ0) is 20.4. The number of nitrogens with zero attached hydrogens (tertiary/aromatic N) is 6. The quantitative estimate of drug-likeness (QED) is 0.328. The lowest BCUT2D eigenvalue weighted by molar-refractivity contribution is -0.137. The molecule has 1 aromatic heterocycles. The van der Waals surface area contributed by atoms with E-state index in [2.05, 4.69) is 25.4 Å². The minimum atomic E-state index is -0.972. The highest BCUT2D eigenvalue weighted by atomic mass is 32.1. The summed E-state index contributed by atoms with van der Waals surface area (Å²) < 4.78 is 4.86. The highest BCUT2D eigenvalue weighted by molar-refractivity contribution is 7.13. The predicted octanol–water partition coefficient (Wildman–Crippen LogP) is 3.02. The van der Waals surface area contributed by atoms with Gasteiger partial charge in [0.2, 0.25) is 0 Å². The molecule has 0 atom stereocenters. The van der Waals surface area contributed by atoms with Gasteiger partial charge in [-0.25, -0.2) is 4.99 Å². The fraction of sp³-hybridized carbons (Fsp3) is 0.312. The maximum Gasteiger partial charge on any atom is 0.305 e. The summed E-state index contributed by atoms with van der Waals surface area (Å²) in [5.41, 5.74) is 3.00. The largest absolute Gasteiger partial charge is 0.486 e. The van der Waals surface area contributed by atoms with Crippen molar-refractivity contribution in [3.05, 3.63) is 23.7 Å². The summed E-state index contributed by atoms with van der Waals surface area (Å²) in [5.74, 6) is -1.94. The standard InChI is InChI=1S/C16H18N6O5S/c1-27-9-17-13-8-11(22(6-4-14(23)24)7-5-15(25)26)2-3-12(13)19-21-16-20-18-10-28-16/h2-3,8-10H,4-7H2,1H3,(H,23,24)(H,25,26). The van der Waals surface area contributed by atoms with Crippen molar-refractivity contribution in [2.45, 2.75) is 12.8 Å². The van der Waals surface area contributed by atoms with Gasteiger partial charge in [0.15, 0.2) is 6.40 Å². The van der Waals surface area contributed by atoms with Gasteiger partial charge in [-0.05, 0) is 18.2 Å². The molecular weight excluding hydrogens is 388 g/mol. The van der Waals surface area contributed by atoms with E-state index in [1.165, 1.54) is 30.4 Å². The maximum absolute atomic E-state index is 10.9. The van der Waals surface area contributed by atoms with Gasteiger partial charge >= 0.3 is 11.9 Å². The normalized spacial score (nSPS) is 11.2. The summed E-state index contributed by atoms with van der Waals surface area (Å²) >= 11 is 1.23. The average molecular weight is 406 g/mol. The molecule has 0 saturated carbocycles. The van der Waals surface area contributed by atoms with Gasteiger partial charge in [-0.2, -0.15) is 0 Å². The number of aromatic nitrogens is 2. The van der Waals surface area contributed by atoms with E-state index >= 15 is 0 Å². The molecule has 11 nitrogen and oxygen atoms in total. The highest BCUT2D eigenvalue weighted by Crippen LogP contribution is 2.34. The Bertz CT molecular complexity index is 837. The third-order valence-electron chi connectivity index (χ3n) is 3.40. The Hall–Kier alpha value is -3.41. The van der Waals surface area contributed by atoms with Crippen molar-refractivity contribution in [3.8, 4) is 0 Å². The van der Waals surface area contributed by atoms with E-state index in [4.69, 9.17) is 14.9 Å². The van der Waals surface area contributed by atoms with E-state index in [1.807, 2.05) is 0 Å². The van der Waals surface area contributed by atoms with E-state index in [0.717, 1.165) is 0 Å². The van der Waals surface area contributed by atoms with Crippen molar-refractivity contribution >= 4 is 51.9 Å². The van der Waals surface area contributed by atoms with Crippen molar-refractivity contribution in [2.75, 3.05) is 25.1 Å². The second-order valence-corrected chi connectivity index (χ2v) is 6.15. The molecule has 0 radical (unpaired) electrons. The van der Waals surface area contributed by atoms with Crippen LogP contribution in [0.25, 0.3) is 0 Å². The summed E-state index contributed by atoms with van der Waals surface area (Å²) in [6.07, 6.45) is 0.964. The van der Waals surface area contributed by atoms with Gasteiger partial charge in [0, 0.05) is 18.8 Å². The van der Waals surface area contributed by atoms with E-state index in [-0.39, 0.29) is 25.9 Å². The molecule has 1 heterocycles.